The molecule has 2 N–H and O–H groups in total. The van der Waals surface area contributed by atoms with Crippen molar-refractivity contribution in [2.24, 2.45) is 0 Å². The van der Waals surface area contributed by atoms with Gasteiger partial charge in [-0.1, -0.05) is 29.8 Å². The third-order valence-corrected chi connectivity index (χ3v) is 4.29. The SMILES string of the molecule is O=C(NCCc1nnc2ccccn12)c1cn[nH]c1-c1ccc(Cl)cc1. The third kappa shape index (κ3) is 3.16. The lowest BCUT2D eigenvalue weighted by molar-refractivity contribution is 0.0954. The van der Waals surface area contributed by atoms with Crippen molar-refractivity contribution in [2.45, 2.75) is 6.42 Å². The number of halogens is 1. The fourth-order valence-corrected chi connectivity index (χ4v) is 2.87. The molecule has 0 aliphatic heterocycles. The predicted molar refractivity (Wildman–Crippen MR) is 98.1 cm³/mol. The highest BCUT2D eigenvalue weighted by Crippen LogP contribution is 2.22. The lowest BCUT2D eigenvalue weighted by atomic mass is 10.1. The van der Waals surface area contributed by atoms with E-state index in [2.05, 4.69) is 25.7 Å². The first-order valence-electron chi connectivity index (χ1n) is 8.08. The molecule has 0 spiro atoms. The van der Waals surface area contributed by atoms with Gasteiger partial charge >= 0.3 is 0 Å². The van der Waals surface area contributed by atoms with E-state index in [-0.39, 0.29) is 5.91 Å². The number of aromatic nitrogens is 5. The van der Waals surface area contributed by atoms with E-state index in [0.29, 0.717) is 29.2 Å². The maximum absolute atomic E-state index is 12.5. The summed E-state index contributed by atoms with van der Waals surface area (Å²) in [6.07, 6.45) is 4.00. The standard InChI is InChI=1S/C18H15ClN6O/c19-13-6-4-12(5-7-13)17-14(11-21-24-17)18(26)20-9-8-16-23-22-15-3-1-2-10-25(15)16/h1-7,10-11H,8-9H2,(H,20,26)(H,21,24). The number of carbonyl (C=O) groups excluding carboxylic acids is 1. The first-order valence-corrected chi connectivity index (χ1v) is 8.46. The van der Waals surface area contributed by atoms with E-state index in [1.54, 1.807) is 12.1 Å². The summed E-state index contributed by atoms with van der Waals surface area (Å²) in [5, 5.41) is 18.7. The van der Waals surface area contributed by atoms with Gasteiger partial charge in [0.1, 0.15) is 5.82 Å². The number of rotatable bonds is 5. The van der Waals surface area contributed by atoms with Crippen molar-refractivity contribution in [3.8, 4) is 11.3 Å². The topological polar surface area (TPSA) is 88.0 Å². The monoisotopic (exact) mass is 366 g/mol. The van der Waals surface area contributed by atoms with Crippen LogP contribution >= 0.6 is 11.6 Å². The van der Waals surface area contributed by atoms with Gasteiger partial charge in [0.15, 0.2) is 5.65 Å². The highest BCUT2D eigenvalue weighted by molar-refractivity contribution is 6.30. The summed E-state index contributed by atoms with van der Waals surface area (Å²) in [7, 11) is 0. The van der Waals surface area contributed by atoms with Gasteiger partial charge in [0.05, 0.1) is 17.5 Å². The number of hydrogen-bond acceptors (Lipinski definition) is 4. The molecule has 0 saturated carbocycles. The molecule has 26 heavy (non-hydrogen) atoms. The second-order valence-corrected chi connectivity index (χ2v) is 6.15. The Bertz CT molecular complexity index is 1050. The zero-order valence-electron chi connectivity index (χ0n) is 13.7. The van der Waals surface area contributed by atoms with Crippen LogP contribution in [-0.4, -0.2) is 37.2 Å². The van der Waals surface area contributed by atoms with Gasteiger partial charge in [-0.05, 0) is 24.3 Å². The number of aromatic amines is 1. The number of carbonyl (C=O) groups is 1. The largest absolute Gasteiger partial charge is 0.351 e. The molecular weight excluding hydrogens is 352 g/mol. The maximum Gasteiger partial charge on any atom is 0.255 e. The number of H-pyrrole nitrogens is 1. The summed E-state index contributed by atoms with van der Waals surface area (Å²) in [4.78, 5) is 12.5. The number of nitrogens with zero attached hydrogens (tertiary/aromatic N) is 4. The predicted octanol–water partition coefficient (Wildman–Crippen LogP) is 2.75. The lowest BCUT2D eigenvalue weighted by Crippen LogP contribution is -2.26. The van der Waals surface area contributed by atoms with Crippen LogP contribution in [-0.2, 0) is 6.42 Å². The molecule has 0 aliphatic rings. The van der Waals surface area contributed by atoms with Crippen molar-refractivity contribution in [3.05, 3.63) is 71.3 Å². The Labute approximate surface area is 154 Å². The van der Waals surface area contributed by atoms with Gasteiger partial charge in [-0.3, -0.25) is 14.3 Å². The number of nitrogens with one attached hydrogen (secondary N) is 2. The Morgan fingerprint density at radius 1 is 1.15 bits per heavy atom. The summed E-state index contributed by atoms with van der Waals surface area (Å²) in [5.74, 6) is 0.600. The number of pyridine rings is 1. The number of hydrogen-bond donors (Lipinski definition) is 2. The minimum atomic E-state index is -0.197. The van der Waals surface area contributed by atoms with Crippen LogP contribution in [0.15, 0.2) is 54.9 Å². The number of amides is 1. The zero-order chi connectivity index (χ0) is 17.9. The number of benzene rings is 1. The molecule has 0 aliphatic carbocycles. The highest BCUT2D eigenvalue weighted by Gasteiger charge is 2.15. The summed E-state index contributed by atoms with van der Waals surface area (Å²) >= 11 is 5.92. The van der Waals surface area contributed by atoms with E-state index in [9.17, 15) is 4.79 Å². The molecule has 1 aromatic carbocycles. The molecule has 0 saturated heterocycles. The fourth-order valence-electron chi connectivity index (χ4n) is 2.74. The second-order valence-electron chi connectivity index (χ2n) is 5.72. The molecule has 3 aromatic heterocycles. The molecule has 0 radical (unpaired) electrons. The average Bonchev–Trinajstić information content (AvgIpc) is 3.30. The molecule has 0 bridgehead atoms. The molecule has 3 heterocycles. The Morgan fingerprint density at radius 2 is 2.00 bits per heavy atom. The van der Waals surface area contributed by atoms with Gasteiger partial charge in [-0.2, -0.15) is 5.10 Å². The molecule has 8 heteroatoms. The fraction of sp³-hybridized carbons (Fsp3) is 0.111. The highest BCUT2D eigenvalue weighted by atomic mass is 35.5. The molecule has 1 amide bonds. The minimum absolute atomic E-state index is 0.197. The first kappa shape index (κ1) is 16.3. The van der Waals surface area contributed by atoms with Crippen molar-refractivity contribution in [1.29, 1.82) is 0 Å². The van der Waals surface area contributed by atoms with E-state index in [1.807, 2.05) is 40.9 Å². The zero-order valence-corrected chi connectivity index (χ0v) is 14.4. The maximum atomic E-state index is 12.5. The van der Waals surface area contributed by atoms with Crippen LogP contribution in [0.3, 0.4) is 0 Å². The normalized spacial score (nSPS) is 11.0. The van der Waals surface area contributed by atoms with Crippen LogP contribution in [0.1, 0.15) is 16.2 Å². The van der Waals surface area contributed by atoms with Crippen molar-refractivity contribution >= 4 is 23.2 Å². The second kappa shape index (κ2) is 6.97. The molecule has 130 valence electrons. The Balaban J connectivity index is 1.44. The lowest BCUT2D eigenvalue weighted by Gasteiger charge is -2.06. The van der Waals surface area contributed by atoms with Gasteiger partial charge in [-0.15, -0.1) is 10.2 Å². The summed E-state index contributed by atoms with van der Waals surface area (Å²) in [5.41, 5.74) is 2.78. The van der Waals surface area contributed by atoms with Crippen molar-refractivity contribution in [1.82, 2.24) is 30.1 Å². The molecule has 0 fully saturated rings. The van der Waals surface area contributed by atoms with Crippen LogP contribution in [0.4, 0.5) is 0 Å². The van der Waals surface area contributed by atoms with Gasteiger partial charge < -0.3 is 5.32 Å². The van der Waals surface area contributed by atoms with Crippen LogP contribution < -0.4 is 5.32 Å². The van der Waals surface area contributed by atoms with Gasteiger partial charge in [0.2, 0.25) is 0 Å². The van der Waals surface area contributed by atoms with E-state index in [1.165, 1.54) is 6.20 Å². The summed E-state index contributed by atoms with van der Waals surface area (Å²) < 4.78 is 1.91. The third-order valence-electron chi connectivity index (χ3n) is 4.04. The van der Waals surface area contributed by atoms with E-state index < -0.39 is 0 Å². The van der Waals surface area contributed by atoms with Gasteiger partial charge in [0.25, 0.3) is 5.91 Å². The quantitative estimate of drug-likeness (QED) is 0.568. The molecular formula is C18H15ClN6O. The summed E-state index contributed by atoms with van der Waals surface area (Å²) in [6.45, 7) is 0.444. The van der Waals surface area contributed by atoms with E-state index in [0.717, 1.165) is 17.0 Å². The molecule has 7 nitrogen and oxygen atoms in total. The van der Waals surface area contributed by atoms with Crippen LogP contribution in [0.5, 0.6) is 0 Å². The van der Waals surface area contributed by atoms with Crippen LogP contribution in [0.2, 0.25) is 5.02 Å². The smallest absolute Gasteiger partial charge is 0.255 e. The molecule has 4 aromatic rings. The van der Waals surface area contributed by atoms with Crippen molar-refractivity contribution in [3.63, 3.8) is 0 Å². The first-order chi connectivity index (χ1) is 12.7. The Morgan fingerprint density at radius 3 is 2.85 bits per heavy atom. The molecule has 4 rings (SSSR count). The molecule has 0 atom stereocenters. The minimum Gasteiger partial charge on any atom is -0.351 e. The summed E-state index contributed by atoms with van der Waals surface area (Å²) in [6, 6.07) is 12.9. The van der Waals surface area contributed by atoms with E-state index >= 15 is 0 Å². The van der Waals surface area contributed by atoms with Crippen LogP contribution in [0, 0.1) is 0 Å². The Kier molecular flexibility index (Phi) is 4.37. The van der Waals surface area contributed by atoms with Gasteiger partial charge in [-0.25, -0.2) is 0 Å². The van der Waals surface area contributed by atoms with Crippen molar-refractivity contribution < 1.29 is 4.79 Å². The van der Waals surface area contributed by atoms with Crippen molar-refractivity contribution in [2.75, 3.05) is 6.54 Å². The van der Waals surface area contributed by atoms with Gasteiger partial charge in [0, 0.05) is 29.7 Å². The molecule has 0 unspecified atom stereocenters. The average molecular weight is 367 g/mol. The Hall–Kier alpha value is -3.19. The van der Waals surface area contributed by atoms with Crippen LogP contribution in [0.25, 0.3) is 16.9 Å². The van der Waals surface area contributed by atoms with E-state index in [4.69, 9.17) is 11.6 Å². The number of fused-ring (bicyclic) bond motifs is 1.